The van der Waals surface area contributed by atoms with Gasteiger partial charge in [0.05, 0.1) is 24.0 Å². The molecule has 2 N–H and O–H groups in total. The zero-order valence-electron chi connectivity index (χ0n) is 27.1. The van der Waals surface area contributed by atoms with Gasteiger partial charge in [-0.2, -0.15) is 5.11 Å². The Balaban J connectivity index is 0.000000364. The molecule has 0 bridgehead atoms. The zero-order valence-corrected chi connectivity index (χ0v) is 27.1. The summed E-state index contributed by atoms with van der Waals surface area (Å²) in [6.45, 7) is 18.9. The van der Waals surface area contributed by atoms with Crippen LogP contribution in [0.2, 0.25) is 0 Å². The number of likely N-dealkylation sites (tertiary alicyclic amines) is 1. The van der Waals surface area contributed by atoms with Gasteiger partial charge in [-0.1, -0.05) is 52.8 Å². The van der Waals surface area contributed by atoms with Crippen LogP contribution in [0.15, 0.2) is 47.2 Å². The number of ether oxygens (including phenoxy) is 1. The molecule has 43 heavy (non-hydrogen) atoms. The average Bonchev–Trinajstić information content (AvgIpc) is 3.73. The second kappa shape index (κ2) is 18.5. The fourth-order valence-electron chi connectivity index (χ4n) is 4.16. The van der Waals surface area contributed by atoms with Gasteiger partial charge < -0.3 is 14.7 Å². The van der Waals surface area contributed by atoms with Crippen molar-refractivity contribution in [3.63, 3.8) is 0 Å². The van der Waals surface area contributed by atoms with E-state index in [9.17, 15) is 18.4 Å². The fraction of sp³-hybridized carbons (Fsp3) is 0.588. The van der Waals surface area contributed by atoms with Crippen molar-refractivity contribution in [3.8, 4) is 0 Å². The number of allylic oxidation sites excluding steroid dienone is 4. The molecule has 1 heterocycles. The fourth-order valence-corrected chi connectivity index (χ4v) is 4.16. The molecule has 3 rings (SSSR count). The molecule has 1 aliphatic carbocycles. The monoisotopic (exact) mass is 603 g/mol. The highest BCUT2D eigenvalue weighted by atomic mass is 19.2. The first-order valence-corrected chi connectivity index (χ1v) is 15.2. The number of piperidine rings is 1. The Bertz CT molecular complexity index is 1170. The zero-order chi connectivity index (χ0) is 32.7. The Morgan fingerprint density at radius 2 is 1.72 bits per heavy atom. The first kappa shape index (κ1) is 37.8. The number of halogens is 2. The van der Waals surface area contributed by atoms with Crippen molar-refractivity contribution in [2.24, 2.45) is 16.4 Å². The van der Waals surface area contributed by atoms with E-state index in [1.54, 1.807) is 13.8 Å². The number of hydrogen-bond acceptors (Lipinski definition) is 6. The van der Waals surface area contributed by atoms with Gasteiger partial charge in [-0.25, -0.2) is 19.1 Å². The second-order valence-electron chi connectivity index (χ2n) is 11.9. The molecule has 0 unspecified atom stereocenters. The molecule has 1 saturated carbocycles. The highest BCUT2D eigenvalue weighted by molar-refractivity contribution is 5.94. The van der Waals surface area contributed by atoms with Crippen LogP contribution in [0.25, 0.3) is 5.57 Å². The quantitative estimate of drug-likeness (QED) is 0.158. The molecule has 0 spiro atoms. The smallest absolute Gasteiger partial charge is 0.409 e. The molecule has 2 aliphatic rings. The van der Waals surface area contributed by atoms with E-state index < -0.39 is 17.4 Å². The van der Waals surface area contributed by atoms with E-state index in [1.807, 2.05) is 11.8 Å². The summed E-state index contributed by atoms with van der Waals surface area (Å²) in [5.74, 6) is -2.03. The van der Waals surface area contributed by atoms with Gasteiger partial charge in [0.15, 0.2) is 17.4 Å². The van der Waals surface area contributed by atoms with E-state index in [1.165, 1.54) is 44.1 Å². The Hall–Kier alpha value is -3.20. The number of benzene rings is 1. The minimum atomic E-state index is -1.17. The molecule has 9 heteroatoms. The van der Waals surface area contributed by atoms with Crippen molar-refractivity contribution in [3.05, 3.63) is 64.9 Å². The summed E-state index contributed by atoms with van der Waals surface area (Å²) >= 11 is 0. The van der Waals surface area contributed by atoms with Crippen molar-refractivity contribution in [1.29, 1.82) is 5.53 Å². The molecule has 1 aromatic rings. The first-order valence-electron chi connectivity index (χ1n) is 15.2. The van der Waals surface area contributed by atoms with Crippen molar-refractivity contribution in [1.82, 2.24) is 4.90 Å². The number of nitrogens with one attached hydrogen (secondary N) is 1. The van der Waals surface area contributed by atoms with Crippen LogP contribution >= 0.6 is 0 Å². The SMILES string of the molecule is C=C/C(C)=C(\C=C(/C)c1ccc(C(C)=O)c(F)c1F)N=N.CC1CCN(C(=O)OCC2(C)CC2)CC1.CCC[C@H](O)CC. The molecule has 0 aromatic heterocycles. The molecule has 1 amide bonds. The largest absolute Gasteiger partial charge is 0.449 e. The van der Waals surface area contributed by atoms with Crippen LogP contribution in [0.3, 0.4) is 0 Å². The molecule has 1 aliphatic heterocycles. The summed E-state index contributed by atoms with van der Waals surface area (Å²) in [4.78, 5) is 24.7. The summed E-state index contributed by atoms with van der Waals surface area (Å²) in [7, 11) is 0. The lowest BCUT2D eigenvalue weighted by atomic mass is 10.00. The van der Waals surface area contributed by atoms with Gasteiger partial charge in [0, 0.05) is 24.1 Å². The van der Waals surface area contributed by atoms with Crippen molar-refractivity contribution >= 4 is 17.4 Å². The minimum absolute atomic E-state index is 0.0236. The molecular weight excluding hydrogens is 552 g/mol. The summed E-state index contributed by atoms with van der Waals surface area (Å²) in [5, 5.41) is 12.2. The summed E-state index contributed by atoms with van der Waals surface area (Å²) < 4.78 is 33.2. The molecule has 1 atom stereocenters. The highest BCUT2D eigenvalue weighted by Gasteiger charge is 2.39. The maximum atomic E-state index is 14.0. The molecule has 2 fully saturated rings. The first-order chi connectivity index (χ1) is 20.2. The number of aliphatic hydroxyl groups is 1. The van der Waals surface area contributed by atoms with Gasteiger partial charge in [0.2, 0.25) is 0 Å². The predicted molar refractivity (Wildman–Crippen MR) is 168 cm³/mol. The van der Waals surface area contributed by atoms with E-state index in [-0.39, 0.29) is 23.3 Å². The van der Waals surface area contributed by atoms with Gasteiger partial charge in [0.25, 0.3) is 0 Å². The molecule has 1 aromatic carbocycles. The van der Waals surface area contributed by atoms with E-state index in [0.717, 1.165) is 51.1 Å². The molecule has 7 nitrogen and oxygen atoms in total. The lowest BCUT2D eigenvalue weighted by molar-refractivity contribution is 0.0748. The molecule has 0 radical (unpaired) electrons. The third kappa shape index (κ3) is 12.9. The number of carbonyl (C=O) groups excluding carboxylic acids is 2. The van der Waals surface area contributed by atoms with Crippen LogP contribution in [0.1, 0.15) is 109 Å². The maximum absolute atomic E-state index is 14.0. The molecule has 240 valence electrons. The normalized spacial score (nSPS) is 17.3. The average molecular weight is 604 g/mol. The van der Waals surface area contributed by atoms with Crippen LogP contribution < -0.4 is 0 Å². The van der Waals surface area contributed by atoms with Crippen molar-refractivity contribution < 1.29 is 28.2 Å². The van der Waals surface area contributed by atoms with Crippen molar-refractivity contribution in [2.45, 2.75) is 99.5 Å². The number of Topliss-reactive ketones (excluding diaryl/α,β-unsaturated/α-hetero) is 1. The van der Waals surface area contributed by atoms with Gasteiger partial charge >= 0.3 is 6.09 Å². The number of amides is 1. The van der Waals surface area contributed by atoms with Crippen LogP contribution in [0.4, 0.5) is 13.6 Å². The number of rotatable bonds is 10. The van der Waals surface area contributed by atoms with Gasteiger partial charge in [-0.05, 0) is 88.5 Å². The molecule has 1 saturated heterocycles. The van der Waals surface area contributed by atoms with Crippen LogP contribution in [0, 0.1) is 28.5 Å². The second-order valence-corrected chi connectivity index (χ2v) is 11.9. The van der Waals surface area contributed by atoms with Crippen LogP contribution in [0.5, 0.6) is 0 Å². The summed E-state index contributed by atoms with van der Waals surface area (Å²) in [6, 6.07) is 2.58. The third-order valence-corrected chi connectivity index (χ3v) is 7.85. The number of hydrogen-bond donors (Lipinski definition) is 2. The summed E-state index contributed by atoms with van der Waals surface area (Å²) in [5.41, 5.74) is 8.49. The molecular formula is C34H51F2N3O4. The Morgan fingerprint density at radius 3 is 2.16 bits per heavy atom. The highest BCUT2D eigenvalue weighted by Crippen LogP contribution is 2.45. The Labute approximate surface area is 256 Å². The lowest BCUT2D eigenvalue weighted by Gasteiger charge is -2.29. The van der Waals surface area contributed by atoms with E-state index >= 15 is 0 Å². The van der Waals surface area contributed by atoms with Gasteiger partial charge in [0.1, 0.15) is 0 Å². The van der Waals surface area contributed by atoms with E-state index in [0.29, 0.717) is 28.9 Å². The van der Waals surface area contributed by atoms with Crippen molar-refractivity contribution in [2.75, 3.05) is 19.7 Å². The number of ketones is 1. The van der Waals surface area contributed by atoms with Gasteiger partial charge in [-0.3, -0.25) is 4.79 Å². The van der Waals surface area contributed by atoms with Crippen LogP contribution in [-0.2, 0) is 4.74 Å². The Kier molecular flexibility index (Phi) is 16.2. The minimum Gasteiger partial charge on any atom is -0.449 e. The van der Waals surface area contributed by atoms with E-state index in [4.69, 9.17) is 15.4 Å². The third-order valence-electron chi connectivity index (χ3n) is 7.85. The van der Waals surface area contributed by atoms with Gasteiger partial charge in [-0.15, -0.1) is 0 Å². The maximum Gasteiger partial charge on any atom is 0.409 e. The van der Waals surface area contributed by atoms with E-state index in [2.05, 4.69) is 32.5 Å². The topological polar surface area (TPSA) is 103 Å². The predicted octanol–water partition coefficient (Wildman–Crippen LogP) is 9.27. The standard InChI is InChI=1S/C16H16F2N2O.C12H21NO2.C6H14O/c1-5-9(2)14(20-19)8-10(3)12-6-7-13(11(4)21)16(18)15(12)17;1-10-3-7-13(8-4-10)11(14)15-9-12(2)5-6-12;1-3-5-6(7)4-2/h5-8,19H,1H2,2-4H3;10H,3-9H2,1-2H3;6-7H,3-5H2,1-2H3/b10-8+,14-9+,20-19?;;/t;;6-/m..1/s1. The number of aliphatic hydroxyl groups excluding tert-OH is 1. The number of carbonyl (C=O) groups is 2. The lowest BCUT2D eigenvalue weighted by Crippen LogP contribution is -2.38. The number of nitrogens with zero attached hydrogens (tertiary/aromatic N) is 2. The van der Waals surface area contributed by atoms with Crippen LogP contribution in [-0.4, -0.2) is 47.7 Å². The Morgan fingerprint density at radius 1 is 1.16 bits per heavy atom. The summed E-state index contributed by atoms with van der Waals surface area (Å²) in [6.07, 6.45) is 10.4.